The molecule has 0 radical (unpaired) electrons. The van der Waals surface area contributed by atoms with Crippen molar-refractivity contribution in [2.24, 2.45) is 11.8 Å². The summed E-state index contributed by atoms with van der Waals surface area (Å²) < 4.78 is 26.8. The Kier molecular flexibility index (Phi) is 5.11. The van der Waals surface area contributed by atoms with Crippen LogP contribution in [0.5, 0.6) is 0 Å². The van der Waals surface area contributed by atoms with Crippen LogP contribution in [0.15, 0.2) is 29.2 Å². The van der Waals surface area contributed by atoms with Gasteiger partial charge in [0.1, 0.15) is 0 Å². The van der Waals surface area contributed by atoms with Gasteiger partial charge in [-0.25, -0.2) is 8.42 Å². The Morgan fingerprint density at radius 3 is 2.23 bits per heavy atom. The monoisotopic (exact) mass is 345 g/mol. The van der Waals surface area contributed by atoms with E-state index in [0.29, 0.717) is 30.6 Å². The van der Waals surface area contributed by atoms with Crippen molar-refractivity contribution in [2.45, 2.75) is 11.8 Å². The zero-order valence-corrected chi connectivity index (χ0v) is 13.9. The maximum absolute atomic E-state index is 12.6. The highest BCUT2D eigenvalue weighted by atomic mass is 35.5. The third kappa shape index (κ3) is 3.27. The Bertz CT molecular complexity index is 636. The van der Waals surface area contributed by atoms with Gasteiger partial charge in [0.05, 0.1) is 4.90 Å². The predicted molar refractivity (Wildman–Crippen MR) is 86.6 cm³/mol. The SMILES string of the molecule is CC(=O)Nc1ccc(S(=O)(=O)N2C[C@H]3CNC[C@H]3C2)cc1.Cl. The molecule has 2 atom stereocenters. The van der Waals surface area contributed by atoms with Gasteiger partial charge in [-0.05, 0) is 49.2 Å². The number of carbonyl (C=O) groups is 1. The molecule has 3 rings (SSSR count). The molecule has 0 unspecified atom stereocenters. The van der Waals surface area contributed by atoms with Crippen LogP contribution in [0.4, 0.5) is 5.69 Å². The van der Waals surface area contributed by atoms with Crippen molar-refractivity contribution in [1.82, 2.24) is 9.62 Å². The zero-order chi connectivity index (χ0) is 15.0. The standard InChI is InChI=1S/C14H19N3O3S.ClH/c1-10(18)16-13-2-4-14(5-3-13)21(19,20)17-8-11-6-15-7-12(11)9-17;/h2-5,11-12,15H,6-9H2,1H3,(H,16,18);1H/t11-,12+;. The summed E-state index contributed by atoms with van der Waals surface area (Å²) in [6.45, 7) is 4.40. The van der Waals surface area contributed by atoms with Gasteiger partial charge in [-0.15, -0.1) is 12.4 Å². The third-order valence-corrected chi connectivity index (χ3v) is 6.01. The number of halogens is 1. The van der Waals surface area contributed by atoms with Gasteiger partial charge in [0.2, 0.25) is 15.9 Å². The summed E-state index contributed by atoms with van der Waals surface area (Å²) in [5.41, 5.74) is 0.601. The van der Waals surface area contributed by atoms with Crippen LogP contribution in [0.3, 0.4) is 0 Å². The molecule has 22 heavy (non-hydrogen) atoms. The predicted octanol–water partition coefficient (Wildman–Crippen LogP) is 0.907. The van der Waals surface area contributed by atoms with Gasteiger partial charge in [-0.3, -0.25) is 4.79 Å². The van der Waals surface area contributed by atoms with E-state index in [1.165, 1.54) is 6.92 Å². The summed E-state index contributed by atoms with van der Waals surface area (Å²) in [6, 6.07) is 6.33. The van der Waals surface area contributed by atoms with E-state index in [0.717, 1.165) is 13.1 Å². The molecule has 0 spiro atoms. The number of hydrogen-bond donors (Lipinski definition) is 2. The highest BCUT2D eigenvalue weighted by molar-refractivity contribution is 7.89. The number of hydrogen-bond acceptors (Lipinski definition) is 4. The molecule has 2 fully saturated rings. The molecule has 0 saturated carbocycles. The minimum Gasteiger partial charge on any atom is -0.326 e. The van der Waals surface area contributed by atoms with Crippen LogP contribution in [0.1, 0.15) is 6.92 Å². The van der Waals surface area contributed by atoms with Crippen LogP contribution in [0, 0.1) is 11.8 Å². The zero-order valence-electron chi connectivity index (χ0n) is 12.3. The van der Waals surface area contributed by atoms with Gasteiger partial charge in [0.15, 0.2) is 0 Å². The number of anilines is 1. The van der Waals surface area contributed by atoms with Crippen molar-refractivity contribution in [3.63, 3.8) is 0 Å². The number of fused-ring (bicyclic) bond motifs is 1. The van der Waals surface area contributed by atoms with Crippen molar-refractivity contribution < 1.29 is 13.2 Å². The average Bonchev–Trinajstić information content (AvgIpc) is 2.99. The van der Waals surface area contributed by atoms with Crippen LogP contribution in [0.2, 0.25) is 0 Å². The normalized spacial score (nSPS) is 24.6. The number of benzene rings is 1. The summed E-state index contributed by atoms with van der Waals surface area (Å²) in [7, 11) is -3.43. The molecule has 2 saturated heterocycles. The summed E-state index contributed by atoms with van der Waals surface area (Å²) in [4.78, 5) is 11.3. The number of amides is 1. The Morgan fingerprint density at radius 1 is 1.18 bits per heavy atom. The Hall–Kier alpha value is -1.15. The first-order valence-electron chi connectivity index (χ1n) is 7.05. The highest BCUT2D eigenvalue weighted by Gasteiger charge is 2.41. The topological polar surface area (TPSA) is 78.5 Å². The summed E-state index contributed by atoms with van der Waals surface area (Å²) in [5, 5.41) is 5.93. The summed E-state index contributed by atoms with van der Waals surface area (Å²) in [6.07, 6.45) is 0. The van der Waals surface area contributed by atoms with Crippen molar-refractivity contribution in [2.75, 3.05) is 31.5 Å². The van der Waals surface area contributed by atoms with Crippen LogP contribution in [-0.4, -0.2) is 44.8 Å². The second-order valence-electron chi connectivity index (χ2n) is 5.71. The molecule has 2 aliphatic rings. The molecule has 0 bridgehead atoms. The average molecular weight is 346 g/mol. The number of carbonyl (C=O) groups excluding carboxylic acids is 1. The first-order valence-corrected chi connectivity index (χ1v) is 8.49. The second-order valence-corrected chi connectivity index (χ2v) is 7.64. The van der Waals surface area contributed by atoms with Crippen molar-refractivity contribution in [3.8, 4) is 0 Å². The molecule has 2 heterocycles. The second kappa shape index (κ2) is 6.54. The van der Waals surface area contributed by atoms with E-state index in [1.54, 1.807) is 28.6 Å². The van der Waals surface area contributed by atoms with E-state index in [-0.39, 0.29) is 23.2 Å². The van der Waals surface area contributed by atoms with Crippen molar-refractivity contribution in [1.29, 1.82) is 0 Å². The number of sulfonamides is 1. The fourth-order valence-electron chi connectivity index (χ4n) is 3.07. The van der Waals surface area contributed by atoms with E-state index in [9.17, 15) is 13.2 Å². The van der Waals surface area contributed by atoms with E-state index < -0.39 is 10.0 Å². The fourth-order valence-corrected chi connectivity index (χ4v) is 4.62. The van der Waals surface area contributed by atoms with Gasteiger partial charge in [0.25, 0.3) is 0 Å². The molecule has 122 valence electrons. The molecule has 2 aliphatic heterocycles. The summed E-state index contributed by atoms with van der Waals surface area (Å²) >= 11 is 0. The number of nitrogens with zero attached hydrogens (tertiary/aromatic N) is 1. The highest BCUT2D eigenvalue weighted by Crippen LogP contribution is 2.31. The van der Waals surface area contributed by atoms with Gasteiger partial charge in [-0.2, -0.15) is 4.31 Å². The summed E-state index contributed by atoms with van der Waals surface area (Å²) in [5.74, 6) is 0.683. The Balaban J connectivity index is 0.00000176. The first-order chi connectivity index (χ1) is 9.96. The minimum absolute atomic E-state index is 0. The van der Waals surface area contributed by atoms with E-state index >= 15 is 0 Å². The third-order valence-electron chi connectivity index (χ3n) is 4.17. The Labute approximate surface area is 136 Å². The lowest BCUT2D eigenvalue weighted by Gasteiger charge is -2.17. The molecule has 1 amide bonds. The molecular formula is C14H20ClN3O3S. The lowest BCUT2D eigenvalue weighted by Crippen LogP contribution is -2.31. The van der Waals surface area contributed by atoms with Gasteiger partial charge in [-0.1, -0.05) is 0 Å². The van der Waals surface area contributed by atoms with E-state index in [4.69, 9.17) is 0 Å². The number of nitrogens with one attached hydrogen (secondary N) is 2. The maximum atomic E-state index is 12.6. The van der Waals surface area contributed by atoms with Crippen LogP contribution in [-0.2, 0) is 14.8 Å². The molecule has 0 aliphatic carbocycles. The lowest BCUT2D eigenvalue weighted by molar-refractivity contribution is -0.114. The maximum Gasteiger partial charge on any atom is 0.243 e. The molecular weight excluding hydrogens is 326 g/mol. The van der Waals surface area contributed by atoms with E-state index in [1.807, 2.05) is 0 Å². The van der Waals surface area contributed by atoms with Crippen molar-refractivity contribution >= 4 is 34.0 Å². The molecule has 2 N–H and O–H groups in total. The van der Waals surface area contributed by atoms with Crippen LogP contribution >= 0.6 is 12.4 Å². The van der Waals surface area contributed by atoms with Gasteiger partial charge >= 0.3 is 0 Å². The molecule has 1 aromatic carbocycles. The van der Waals surface area contributed by atoms with Crippen LogP contribution in [0.25, 0.3) is 0 Å². The molecule has 6 nitrogen and oxygen atoms in total. The largest absolute Gasteiger partial charge is 0.326 e. The quantitative estimate of drug-likeness (QED) is 0.853. The lowest BCUT2D eigenvalue weighted by atomic mass is 10.0. The van der Waals surface area contributed by atoms with E-state index in [2.05, 4.69) is 10.6 Å². The molecule has 1 aromatic rings. The van der Waals surface area contributed by atoms with Crippen molar-refractivity contribution in [3.05, 3.63) is 24.3 Å². The van der Waals surface area contributed by atoms with Crippen LogP contribution < -0.4 is 10.6 Å². The fraction of sp³-hybridized carbons (Fsp3) is 0.500. The molecule has 8 heteroatoms. The Morgan fingerprint density at radius 2 is 1.73 bits per heavy atom. The first kappa shape index (κ1) is 17.2. The number of rotatable bonds is 3. The van der Waals surface area contributed by atoms with Gasteiger partial charge < -0.3 is 10.6 Å². The smallest absolute Gasteiger partial charge is 0.243 e. The minimum atomic E-state index is -3.43. The van der Waals surface area contributed by atoms with Gasteiger partial charge in [0, 0.05) is 25.7 Å². The molecule has 0 aromatic heterocycles.